The molecule has 0 aromatic carbocycles. The molecule has 1 aromatic heterocycles. The number of hydrogen-bond donors (Lipinski definition) is 1. The Labute approximate surface area is 122 Å². The summed E-state index contributed by atoms with van der Waals surface area (Å²) in [5, 5.41) is 10.7. The third kappa shape index (κ3) is 3.66. The van der Waals surface area contributed by atoms with E-state index in [4.69, 9.17) is 5.73 Å². The highest BCUT2D eigenvalue weighted by Crippen LogP contribution is 2.18. The number of rotatable bonds is 5. The highest BCUT2D eigenvalue weighted by molar-refractivity contribution is 5.98. The van der Waals surface area contributed by atoms with Gasteiger partial charge in [-0.1, -0.05) is 0 Å². The first-order valence-corrected chi connectivity index (χ1v) is 6.87. The van der Waals surface area contributed by atoms with Crippen molar-refractivity contribution in [2.45, 2.75) is 12.8 Å². The van der Waals surface area contributed by atoms with Gasteiger partial charge in [-0.3, -0.25) is 14.9 Å². The SMILES string of the molecule is CN(CCN1CCCC1)C(=O)c1cc([N+](=O)[O-])cnc1N. The number of anilines is 1. The molecule has 1 aliphatic heterocycles. The van der Waals surface area contributed by atoms with E-state index in [1.165, 1.54) is 23.8 Å². The van der Waals surface area contributed by atoms with Gasteiger partial charge in [0, 0.05) is 26.2 Å². The molecule has 21 heavy (non-hydrogen) atoms. The molecule has 114 valence electrons. The summed E-state index contributed by atoms with van der Waals surface area (Å²) in [7, 11) is 1.66. The topological polar surface area (TPSA) is 106 Å². The van der Waals surface area contributed by atoms with Crippen molar-refractivity contribution in [2.24, 2.45) is 0 Å². The predicted octanol–water partition coefficient (Wildman–Crippen LogP) is 0.740. The Hall–Kier alpha value is -2.22. The maximum Gasteiger partial charge on any atom is 0.288 e. The number of likely N-dealkylation sites (N-methyl/N-ethyl adjacent to an activating group) is 1. The third-order valence-corrected chi connectivity index (χ3v) is 3.64. The van der Waals surface area contributed by atoms with Gasteiger partial charge in [0.05, 0.1) is 10.5 Å². The molecule has 2 N–H and O–H groups in total. The number of likely N-dealkylation sites (tertiary alicyclic amines) is 1. The van der Waals surface area contributed by atoms with Gasteiger partial charge in [0.15, 0.2) is 0 Å². The van der Waals surface area contributed by atoms with E-state index in [2.05, 4.69) is 9.88 Å². The second-order valence-electron chi connectivity index (χ2n) is 5.16. The number of nitro groups is 1. The van der Waals surface area contributed by atoms with Crippen LogP contribution in [0.3, 0.4) is 0 Å². The zero-order valence-electron chi connectivity index (χ0n) is 12.0. The molecule has 1 aliphatic rings. The second kappa shape index (κ2) is 6.49. The van der Waals surface area contributed by atoms with Gasteiger partial charge in [-0.2, -0.15) is 0 Å². The molecule has 1 aromatic rings. The largest absolute Gasteiger partial charge is 0.383 e. The van der Waals surface area contributed by atoms with Gasteiger partial charge in [0.2, 0.25) is 0 Å². The monoisotopic (exact) mass is 293 g/mol. The van der Waals surface area contributed by atoms with Crippen LogP contribution in [0.4, 0.5) is 11.5 Å². The third-order valence-electron chi connectivity index (χ3n) is 3.64. The first kappa shape index (κ1) is 15.2. The maximum absolute atomic E-state index is 12.3. The molecule has 0 atom stereocenters. The molecule has 8 nitrogen and oxygen atoms in total. The molecule has 0 radical (unpaired) electrons. The molecule has 0 bridgehead atoms. The summed E-state index contributed by atoms with van der Waals surface area (Å²) < 4.78 is 0. The maximum atomic E-state index is 12.3. The van der Waals surface area contributed by atoms with Crippen molar-refractivity contribution in [3.05, 3.63) is 27.9 Å². The lowest BCUT2D eigenvalue weighted by Crippen LogP contribution is -2.35. The van der Waals surface area contributed by atoms with E-state index < -0.39 is 4.92 Å². The molecular weight excluding hydrogens is 274 g/mol. The summed E-state index contributed by atoms with van der Waals surface area (Å²) in [5.74, 6) is -0.332. The Bertz CT molecular complexity index is 543. The van der Waals surface area contributed by atoms with Crippen LogP contribution in [0, 0.1) is 10.1 Å². The molecule has 1 saturated heterocycles. The molecule has 1 fully saturated rings. The van der Waals surface area contributed by atoms with E-state index in [0.717, 1.165) is 25.8 Å². The van der Waals surface area contributed by atoms with Gasteiger partial charge in [-0.15, -0.1) is 0 Å². The van der Waals surface area contributed by atoms with Crippen molar-refractivity contribution in [3.8, 4) is 0 Å². The number of amides is 1. The van der Waals surface area contributed by atoms with Crippen LogP contribution < -0.4 is 5.73 Å². The van der Waals surface area contributed by atoms with E-state index in [0.29, 0.717) is 6.54 Å². The average molecular weight is 293 g/mol. The summed E-state index contributed by atoms with van der Waals surface area (Å²) >= 11 is 0. The quantitative estimate of drug-likeness (QED) is 0.634. The van der Waals surface area contributed by atoms with Crippen LogP contribution in [-0.2, 0) is 0 Å². The first-order valence-electron chi connectivity index (χ1n) is 6.87. The minimum absolute atomic E-state index is 0.0126. The Morgan fingerprint density at radius 3 is 2.81 bits per heavy atom. The number of nitrogen functional groups attached to an aromatic ring is 1. The van der Waals surface area contributed by atoms with E-state index in [9.17, 15) is 14.9 Å². The molecule has 0 spiro atoms. The van der Waals surface area contributed by atoms with Gasteiger partial charge in [-0.25, -0.2) is 4.98 Å². The van der Waals surface area contributed by atoms with E-state index in [-0.39, 0.29) is 23.0 Å². The smallest absolute Gasteiger partial charge is 0.288 e. The summed E-state index contributed by atoms with van der Waals surface area (Å²) in [6.07, 6.45) is 3.44. The van der Waals surface area contributed by atoms with Gasteiger partial charge in [0.1, 0.15) is 12.0 Å². The molecule has 2 rings (SSSR count). The van der Waals surface area contributed by atoms with Gasteiger partial charge < -0.3 is 15.5 Å². The molecular formula is C13H19N5O3. The van der Waals surface area contributed by atoms with Crippen LogP contribution in [-0.4, -0.2) is 58.8 Å². The van der Waals surface area contributed by atoms with Crippen molar-refractivity contribution in [1.82, 2.24) is 14.8 Å². The molecule has 1 amide bonds. The van der Waals surface area contributed by atoms with Crippen LogP contribution in [0.25, 0.3) is 0 Å². The van der Waals surface area contributed by atoms with Gasteiger partial charge in [0.25, 0.3) is 11.6 Å². The van der Waals surface area contributed by atoms with Crippen molar-refractivity contribution in [3.63, 3.8) is 0 Å². The summed E-state index contributed by atoms with van der Waals surface area (Å²) in [6.45, 7) is 3.47. The van der Waals surface area contributed by atoms with E-state index >= 15 is 0 Å². The Morgan fingerprint density at radius 2 is 2.19 bits per heavy atom. The summed E-state index contributed by atoms with van der Waals surface area (Å²) in [4.78, 5) is 30.0. The van der Waals surface area contributed by atoms with Gasteiger partial charge >= 0.3 is 0 Å². The minimum atomic E-state index is -0.590. The molecule has 8 heteroatoms. The highest BCUT2D eigenvalue weighted by Gasteiger charge is 2.20. The molecule has 0 saturated carbocycles. The number of carbonyl (C=O) groups excluding carboxylic acids is 1. The average Bonchev–Trinajstić information content (AvgIpc) is 2.97. The van der Waals surface area contributed by atoms with Crippen LogP contribution in [0.1, 0.15) is 23.2 Å². The number of carbonyl (C=O) groups is 1. The lowest BCUT2D eigenvalue weighted by Gasteiger charge is -2.21. The molecule has 0 unspecified atom stereocenters. The molecule has 0 aliphatic carbocycles. The number of aromatic nitrogens is 1. The van der Waals surface area contributed by atoms with E-state index in [1.54, 1.807) is 7.05 Å². The number of hydrogen-bond acceptors (Lipinski definition) is 6. The summed E-state index contributed by atoms with van der Waals surface area (Å²) in [6, 6.07) is 1.18. The fourth-order valence-electron chi connectivity index (χ4n) is 2.34. The lowest BCUT2D eigenvalue weighted by atomic mass is 10.2. The van der Waals surface area contributed by atoms with Crippen molar-refractivity contribution >= 4 is 17.4 Å². The number of pyridine rings is 1. The lowest BCUT2D eigenvalue weighted by molar-refractivity contribution is -0.385. The second-order valence-corrected chi connectivity index (χ2v) is 5.16. The predicted molar refractivity (Wildman–Crippen MR) is 77.9 cm³/mol. The normalized spacial score (nSPS) is 15.1. The van der Waals surface area contributed by atoms with Crippen molar-refractivity contribution in [2.75, 3.05) is 39.0 Å². The number of nitrogens with two attached hydrogens (primary N) is 1. The number of nitrogens with zero attached hydrogens (tertiary/aromatic N) is 4. The fraction of sp³-hybridized carbons (Fsp3) is 0.538. The minimum Gasteiger partial charge on any atom is -0.383 e. The van der Waals surface area contributed by atoms with Crippen LogP contribution >= 0.6 is 0 Å². The van der Waals surface area contributed by atoms with E-state index in [1.807, 2.05) is 0 Å². The Morgan fingerprint density at radius 1 is 1.52 bits per heavy atom. The van der Waals surface area contributed by atoms with Crippen molar-refractivity contribution < 1.29 is 9.72 Å². The zero-order valence-corrected chi connectivity index (χ0v) is 12.0. The van der Waals surface area contributed by atoms with Crippen LogP contribution in [0.5, 0.6) is 0 Å². The fourth-order valence-corrected chi connectivity index (χ4v) is 2.34. The zero-order chi connectivity index (χ0) is 15.4. The summed E-state index contributed by atoms with van der Waals surface area (Å²) in [5.41, 5.74) is 5.50. The standard InChI is InChI=1S/C13H19N5O3/c1-16(6-7-17-4-2-3-5-17)13(19)11-8-10(18(20)21)9-15-12(11)14/h8-9H,2-7H2,1H3,(H2,14,15). The van der Waals surface area contributed by atoms with Gasteiger partial charge in [-0.05, 0) is 25.9 Å². The highest BCUT2D eigenvalue weighted by atomic mass is 16.6. The Balaban J connectivity index is 2.03. The Kier molecular flexibility index (Phi) is 4.69. The molecule has 2 heterocycles. The van der Waals surface area contributed by atoms with Crippen LogP contribution in [0.2, 0.25) is 0 Å². The van der Waals surface area contributed by atoms with Crippen LogP contribution in [0.15, 0.2) is 12.3 Å². The first-order chi connectivity index (χ1) is 9.99. The van der Waals surface area contributed by atoms with Crippen molar-refractivity contribution in [1.29, 1.82) is 0 Å².